The Morgan fingerprint density at radius 1 is 1.08 bits per heavy atom. The Hall–Kier alpha value is -2.44. The minimum atomic E-state index is -0.635. The van der Waals surface area contributed by atoms with E-state index in [0.717, 1.165) is 11.0 Å². The molecule has 0 aliphatic carbocycles. The van der Waals surface area contributed by atoms with E-state index in [4.69, 9.17) is 23.2 Å². The fourth-order valence-corrected chi connectivity index (χ4v) is 2.82. The minimum Gasteiger partial charge on any atom is -0.324 e. The van der Waals surface area contributed by atoms with Gasteiger partial charge in [-0.15, -0.1) is 0 Å². The molecule has 1 heterocycles. The van der Waals surface area contributed by atoms with Crippen LogP contribution in [0.2, 0.25) is 10.0 Å². The van der Waals surface area contributed by atoms with Crippen molar-refractivity contribution in [2.45, 2.75) is 6.92 Å². The van der Waals surface area contributed by atoms with E-state index >= 15 is 0 Å². The standard InChI is InChI=1S/C17H11Cl2FN2O3/c1-8-2-3-9(20)4-14(8)21-15(23)7-22-16(24)10-5-12(18)13(19)6-11(10)17(22)25/h2-6H,7H2,1H3,(H,21,23). The number of fused-ring (bicyclic) bond motifs is 1. The summed E-state index contributed by atoms with van der Waals surface area (Å²) in [5.74, 6) is -2.40. The summed E-state index contributed by atoms with van der Waals surface area (Å²) in [7, 11) is 0. The first-order valence-corrected chi connectivity index (χ1v) is 7.94. The number of amides is 3. The lowest BCUT2D eigenvalue weighted by molar-refractivity contribution is -0.116. The van der Waals surface area contributed by atoms with Crippen LogP contribution in [0.5, 0.6) is 0 Å². The highest BCUT2D eigenvalue weighted by atomic mass is 35.5. The zero-order chi connectivity index (χ0) is 18.3. The molecule has 1 aliphatic heterocycles. The smallest absolute Gasteiger partial charge is 0.262 e. The molecule has 8 heteroatoms. The van der Waals surface area contributed by atoms with Crippen LogP contribution >= 0.6 is 23.2 Å². The van der Waals surface area contributed by atoms with Crippen molar-refractivity contribution in [1.29, 1.82) is 0 Å². The number of aryl methyl sites for hydroxylation is 1. The zero-order valence-corrected chi connectivity index (χ0v) is 14.4. The molecule has 0 saturated carbocycles. The Labute approximate surface area is 152 Å². The third-order valence-corrected chi connectivity index (χ3v) is 4.51. The van der Waals surface area contributed by atoms with Crippen LogP contribution < -0.4 is 5.32 Å². The molecule has 25 heavy (non-hydrogen) atoms. The van der Waals surface area contributed by atoms with Crippen molar-refractivity contribution in [1.82, 2.24) is 4.90 Å². The van der Waals surface area contributed by atoms with E-state index in [9.17, 15) is 18.8 Å². The van der Waals surface area contributed by atoms with Gasteiger partial charge in [-0.05, 0) is 36.8 Å². The van der Waals surface area contributed by atoms with Crippen LogP contribution in [0.25, 0.3) is 0 Å². The summed E-state index contributed by atoms with van der Waals surface area (Å²) in [4.78, 5) is 37.7. The first-order valence-electron chi connectivity index (χ1n) is 7.19. The molecule has 2 aromatic carbocycles. The van der Waals surface area contributed by atoms with Crippen molar-refractivity contribution in [2.24, 2.45) is 0 Å². The molecule has 0 aromatic heterocycles. The van der Waals surface area contributed by atoms with Gasteiger partial charge in [0.05, 0.1) is 21.2 Å². The van der Waals surface area contributed by atoms with Crippen molar-refractivity contribution in [3.05, 3.63) is 62.9 Å². The maximum absolute atomic E-state index is 13.3. The van der Waals surface area contributed by atoms with E-state index in [1.54, 1.807) is 6.92 Å². The number of imide groups is 1. The van der Waals surface area contributed by atoms with Crippen molar-refractivity contribution in [2.75, 3.05) is 11.9 Å². The molecule has 1 N–H and O–H groups in total. The van der Waals surface area contributed by atoms with Gasteiger partial charge in [0.25, 0.3) is 11.8 Å². The Morgan fingerprint density at radius 3 is 2.20 bits per heavy atom. The molecule has 0 bridgehead atoms. The van der Waals surface area contributed by atoms with Gasteiger partial charge in [-0.3, -0.25) is 19.3 Å². The number of halogens is 3. The summed E-state index contributed by atoms with van der Waals surface area (Å²) in [6, 6.07) is 6.54. The topological polar surface area (TPSA) is 66.5 Å². The van der Waals surface area contributed by atoms with Gasteiger partial charge in [0.1, 0.15) is 12.4 Å². The van der Waals surface area contributed by atoms with Crippen molar-refractivity contribution < 1.29 is 18.8 Å². The largest absolute Gasteiger partial charge is 0.324 e. The maximum Gasteiger partial charge on any atom is 0.262 e. The van der Waals surface area contributed by atoms with Gasteiger partial charge in [-0.25, -0.2) is 4.39 Å². The monoisotopic (exact) mass is 380 g/mol. The molecule has 0 unspecified atom stereocenters. The summed E-state index contributed by atoms with van der Waals surface area (Å²) in [5, 5.41) is 2.78. The van der Waals surface area contributed by atoms with Crippen LogP contribution in [0, 0.1) is 12.7 Å². The van der Waals surface area contributed by atoms with Gasteiger partial charge in [0, 0.05) is 5.69 Å². The number of hydrogen-bond acceptors (Lipinski definition) is 3. The average molecular weight is 381 g/mol. The molecule has 3 rings (SSSR count). The van der Waals surface area contributed by atoms with Crippen LogP contribution in [0.1, 0.15) is 26.3 Å². The van der Waals surface area contributed by atoms with Crippen LogP contribution in [-0.4, -0.2) is 29.2 Å². The normalized spacial score (nSPS) is 13.2. The predicted molar refractivity (Wildman–Crippen MR) is 91.6 cm³/mol. The van der Waals surface area contributed by atoms with E-state index in [1.165, 1.54) is 24.3 Å². The van der Waals surface area contributed by atoms with Crippen LogP contribution in [0.4, 0.5) is 10.1 Å². The summed E-state index contributed by atoms with van der Waals surface area (Å²) >= 11 is 11.7. The van der Waals surface area contributed by atoms with Crippen molar-refractivity contribution in [3.63, 3.8) is 0 Å². The lowest BCUT2D eigenvalue weighted by Crippen LogP contribution is -2.37. The number of anilines is 1. The zero-order valence-electron chi connectivity index (χ0n) is 12.9. The van der Waals surface area contributed by atoms with E-state index < -0.39 is 30.1 Å². The fraction of sp³-hybridized carbons (Fsp3) is 0.118. The number of hydrogen-bond donors (Lipinski definition) is 1. The van der Waals surface area contributed by atoms with Gasteiger partial charge in [0.15, 0.2) is 0 Å². The number of nitrogens with one attached hydrogen (secondary N) is 1. The van der Waals surface area contributed by atoms with Gasteiger partial charge in [-0.1, -0.05) is 29.3 Å². The summed E-state index contributed by atoms with van der Waals surface area (Å²) < 4.78 is 13.3. The lowest BCUT2D eigenvalue weighted by atomic mass is 10.1. The fourth-order valence-electron chi connectivity index (χ4n) is 2.49. The third kappa shape index (κ3) is 3.23. The quantitative estimate of drug-likeness (QED) is 0.825. The summed E-state index contributed by atoms with van der Waals surface area (Å²) in [6.45, 7) is 1.19. The van der Waals surface area contributed by atoms with Crippen molar-refractivity contribution in [3.8, 4) is 0 Å². The number of benzene rings is 2. The first kappa shape index (κ1) is 17.4. The number of rotatable bonds is 3. The van der Waals surface area contributed by atoms with E-state index in [2.05, 4.69) is 5.32 Å². The second-order valence-electron chi connectivity index (χ2n) is 5.52. The Morgan fingerprint density at radius 2 is 1.64 bits per heavy atom. The number of nitrogens with zero attached hydrogens (tertiary/aromatic N) is 1. The van der Waals surface area contributed by atoms with E-state index in [0.29, 0.717) is 5.56 Å². The Balaban J connectivity index is 1.79. The molecule has 128 valence electrons. The molecular formula is C17H11Cl2FN2O3. The van der Waals surface area contributed by atoms with Gasteiger partial charge >= 0.3 is 0 Å². The maximum atomic E-state index is 13.3. The third-order valence-electron chi connectivity index (χ3n) is 3.79. The molecule has 0 spiro atoms. The second kappa shape index (κ2) is 6.46. The summed E-state index contributed by atoms with van der Waals surface area (Å²) in [5.41, 5.74) is 1.10. The average Bonchev–Trinajstić information content (AvgIpc) is 2.76. The molecule has 0 saturated heterocycles. The highest BCUT2D eigenvalue weighted by molar-refractivity contribution is 6.43. The number of carbonyl (C=O) groups is 3. The number of carbonyl (C=O) groups excluding carboxylic acids is 3. The predicted octanol–water partition coefficient (Wildman–Crippen LogP) is 3.68. The Kier molecular flexibility index (Phi) is 4.49. The van der Waals surface area contributed by atoms with Crippen molar-refractivity contribution >= 4 is 46.6 Å². The molecule has 0 fully saturated rings. The molecule has 3 amide bonds. The molecule has 2 aromatic rings. The Bertz CT molecular complexity index is 889. The van der Waals surface area contributed by atoms with Gasteiger partial charge in [-0.2, -0.15) is 0 Å². The lowest BCUT2D eigenvalue weighted by Gasteiger charge is -2.14. The second-order valence-corrected chi connectivity index (χ2v) is 6.33. The van der Waals surface area contributed by atoms with Gasteiger partial charge in [0.2, 0.25) is 5.91 Å². The van der Waals surface area contributed by atoms with Gasteiger partial charge < -0.3 is 5.32 Å². The van der Waals surface area contributed by atoms with Crippen LogP contribution in [0.3, 0.4) is 0 Å². The van der Waals surface area contributed by atoms with E-state index in [1.807, 2.05) is 0 Å². The molecule has 1 aliphatic rings. The highest BCUT2D eigenvalue weighted by Crippen LogP contribution is 2.31. The van der Waals surface area contributed by atoms with Crippen LogP contribution in [-0.2, 0) is 4.79 Å². The molecule has 5 nitrogen and oxygen atoms in total. The van der Waals surface area contributed by atoms with Crippen LogP contribution in [0.15, 0.2) is 30.3 Å². The SMILES string of the molecule is Cc1ccc(F)cc1NC(=O)CN1C(=O)c2cc(Cl)c(Cl)cc2C1=O. The van der Waals surface area contributed by atoms with E-state index in [-0.39, 0.29) is 26.9 Å². The molecular weight excluding hydrogens is 370 g/mol. The summed E-state index contributed by atoms with van der Waals surface area (Å²) in [6.07, 6.45) is 0. The molecule has 0 atom stereocenters. The minimum absolute atomic E-state index is 0.0918. The highest BCUT2D eigenvalue weighted by Gasteiger charge is 2.37. The first-order chi connectivity index (χ1) is 11.8. The molecule has 0 radical (unpaired) electrons.